The Hall–Kier alpha value is -3.62. The van der Waals surface area contributed by atoms with Crippen LogP contribution < -0.4 is 5.32 Å². The number of carbonyl (C=O) groups excluding carboxylic acids is 1. The van der Waals surface area contributed by atoms with Gasteiger partial charge in [0.25, 0.3) is 11.6 Å². The first-order valence-electron chi connectivity index (χ1n) is 7.58. The zero-order valence-corrected chi connectivity index (χ0v) is 13.5. The van der Waals surface area contributed by atoms with E-state index in [2.05, 4.69) is 5.32 Å². The molecule has 0 fully saturated rings. The third-order valence-corrected chi connectivity index (χ3v) is 3.67. The third-order valence-electron chi connectivity index (χ3n) is 3.67. The molecule has 6 nitrogen and oxygen atoms in total. The number of nitro groups is 1. The highest BCUT2D eigenvalue weighted by Crippen LogP contribution is 2.35. The van der Waals surface area contributed by atoms with Crippen LogP contribution in [0.3, 0.4) is 0 Å². The summed E-state index contributed by atoms with van der Waals surface area (Å²) < 4.78 is 44.3. The first-order chi connectivity index (χ1) is 12.8. The minimum atomic E-state index is -4.61. The number of furan rings is 1. The van der Waals surface area contributed by atoms with Crippen LogP contribution in [0.5, 0.6) is 0 Å². The molecule has 3 rings (SSSR count). The maximum atomic E-state index is 13.0. The van der Waals surface area contributed by atoms with Crippen LogP contribution in [-0.4, -0.2) is 10.8 Å². The fourth-order valence-corrected chi connectivity index (χ4v) is 2.39. The fourth-order valence-electron chi connectivity index (χ4n) is 2.39. The summed E-state index contributed by atoms with van der Waals surface area (Å²) in [7, 11) is 0. The number of non-ortho nitro benzene ring substituents is 1. The van der Waals surface area contributed by atoms with Gasteiger partial charge < -0.3 is 9.73 Å². The molecule has 0 unspecified atom stereocenters. The number of alkyl halides is 3. The summed E-state index contributed by atoms with van der Waals surface area (Å²) in [5.74, 6) is -0.792. The molecule has 0 aliphatic carbocycles. The van der Waals surface area contributed by atoms with Crippen molar-refractivity contribution in [3.63, 3.8) is 0 Å². The standard InChI is InChI=1S/C18H11F3N2O4/c19-18(20,21)13-3-1-2-4-14(13)22-17(24)16-10-9-15(27-16)11-5-7-12(8-6-11)23(25)26/h1-10H,(H,22,24). The van der Waals surface area contributed by atoms with Gasteiger partial charge in [-0.1, -0.05) is 12.1 Å². The van der Waals surface area contributed by atoms with Gasteiger partial charge in [-0.15, -0.1) is 0 Å². The molecule has 138 valence electrons. The minimum Gasteiger partial charge on any atom is -0.451 e. The van der Waals surface area contributed by atoms with Gasteiger partial charge in [0, 0.05) is 17.7 Å². The van der Waals surface area contributed by atoms with Crippen molar-refractivity contribution in [3.8, 4) is 11.3 Å². The molecule has 1 aromatic heterocycles. The van der Waals surface area contributed by atoms with Crippen LogP contribution in [0.15, 0.2) is 65.1 Å². The second-order valence-electron chi connectivity index (χ2n) is 5.47. The molecule has 1 amide bonds. The summed E-state index contributed by atoms with van der Waals surface area (Å²) in [5.41, 5.74) is -0.980. The van der Waals surface area contributed by atoms with Gasteiger partial charge in [-0.05, 0) is 36.4 Å². The first-order valence-corrected chi connectivity index (χ1v) is 7.58. The Kier molecular flexibility index (Phi) is 4.68. The zero-order chi connectivity index (χ0) is 19.6. The topological polar surface area (TPSA) is 85.4 Å². The molecule has 9 heteroatoms. The molecule has 0 spiro atoms. The second-order valence-corrected chi connectivity index (χ2v) is 5.47. The highest BCUT2D eigenvalue weighted by Gasteiger charge is 2.33. The lowest BCUT2D eigenvalue weighted by molar-refractivity contribution is -0.384. The smallest absolute Gasteiger partial charge is 0.418 e. The summed E-state index contributed by atoms with van der Waals surface area (Å²) in [5, 5.41) is 12.8. The van der Waals surface area contributed by atoms with Crippen molar-refractivity contribution in [2.75, 3.05) is 5.32 Å². The monoisotopic (exact) mass is 376 g/mol. The Balaban J connectivity index is 1.81. The number of anilines is 1. The predicted octanol–water partition coefficient (Wildman–Crippen LogP) is 5.13. The van der Waals surface area contributed by atoms with Gasteiger partial charge in [-0.25, -0.2) is 0 Å². The van der Waals surface area contributed by atoms with Gasteiger partial charge in [0.15, 0.2) is 5.76 Å². The van der Waals surface area contributed by atoms with Crippen molar-refractivity contribution in [1.82, 2.24) is 0 Å². The van der Waals surface area contributed by atoms with E-state index in [4.69, 9.17) is 4.42 Å². The van der Waals surface area contributed by atoms with E-state index >= 15 is 0 Å². The average Bonchev–Trinajstić information content (AvgIpc) is 3.11. The van der Waals surface area contributed by atoms with Crippen LogP contribution in [0.25, 0.3) is 11.3 Å². The molecule has 27 heavy (non-hydrogen) atoms. The van der Waals surface area contributed by atoms with E-state index in [0.29, 0.717) is 5.56 Å². The first kappa shape index (κ1) is 18.2. The van der Waals surface area contributed by atoms with E-state index in [-0.39, 0.29) is 22.9 Å². The van der Waals surface area contributed by atoms with Crippen LogP contribution in [-0.2, 0) is 6.18 Å². The lowest BCUT2D eigenvalue weighted by Gasteiger charge is -2.12. The van der Waals surface area contributed by atoms with Crippen LogP contribution in [0.1, 0.15) is 16.1 Å². The zero-order valence-electron chi connectivity index (χ0n) is 13.5. The molecule has 1 N–H and O–H groups in total. The minimum absolute atomic E-state index is 0.105. The Labute approximate surface area is 150 Å². The Morgan fingerprint density at radius 2 is 1.67 bits per heavy atom. The molecule has 0 aliphatic heterocycles. The third kappa shape index (κ3) is 3.97. The Bertz CT molecular complexity index is 994. The molecule has 0 saturated heterocycles. The van der Waals surface area contributed by atoms with Crippen LogP contribution in [0.2, 0.25) is 0 Å². The van der Waals surface area contributed by atoms with E-state index in [9.17, 15) is 28.1 Å². The molecule has 3 aromatic rings. The van der Waals surface area contributed by atoms with Gasteiger partial charge in [0.05, 0.1) is 16.2 Å². The molecule has 0 aliphatic rings. The van der Waals surface area contributed by atoms with E-state index in [1.165, 1.54) is 48.5 Å². The summed E-state index contributed by atoms with van der Waals surface area (Å²) in [6.07, 6.45) is -4.61. The number of carbonyl (C=O) groups is 1. The van der Waals surface area contributed by atoms with Crippen molar-refractivity contribution >= 4 is 17.3 Å². The number of rotatable bonds is 4. The van der Waals surface area contributed by atoms with Crippen molar-refractivity contribution in [2.45, 2.75) is 6.18 Å². The molecule has 0 radical (unpaired) electrons. The second kappa shape index (κ2) is 6.94. The predicted molar refractivity (Wildman–Crippen MR) is 90.2 cm³/mol. The largest absolute Gasteiger partial charge is 0.451 e. The van der Waals surface area contributed by atoms with Crippen molar-refractivity contribution in [1.29, 1.82) is 0 Å². The molecule has 0 bridgehead atoms. The maximum absolute atomic E-state index is 13.0. The lowest BCUT2D eigenvalue weighted by atomic mass is 10.1. The summed E-state index contributed by atoms with van der Waals surface area (Å²) >= 11 is 0. The number of nitrogens with one attached hydrogen (secondary N) is 1. The molecule has 2 aromatic carbocycles. The average molecular weight is 376 g/mol. The van der Waals surface area contributed by atoms with Gasteiger partial charge in [0.2, 0.25) is 0 Å². The number of hydrogen-bond donors (Lipinski definition) is 1. The molecule has 0 saturated carbocycles. The van der Waals surface area contributed by atoms with Crippen molar-refractivity contribution in [2.24, 2.45) is 0 Å². The SMILES string of the molecule is O=C(Nc1ccccc1C(F)(F)F)c1ccc(-c2ccc([N+](=O)[O-])cc2)o1. The normalized spacial score (nSPS) is 11.2. The number of nitro benzene ring substituents is 1. The summed E-state index contributed by atoms with van der Waals surface area (Å²) in [6.45, 7) is 0. The number of halogens is 3. The number of amides is 1. The van der Waals surface area contributed by atoms with Gasteiger partial charge in [-0.3, -0.25) is 14.9 Å². The highest BCUT2D eigenvalue weighted by molar-refractivity contribution is 6.03. The number of nitrogens with zero attached hydrogens (tertiary/aromatic N) is 1. The van der Waals surface area contributed by atoms with Crippen LogP contribution in [0.4, 0.5) is 24.5 Å². The van der Waals surface area contributed by atoms with Crippen molar-refractivity contribution < 1.29 is 27.3 Å². The van der Waals surface area contributed by atoms with Crippen LogP contribution >= 0.6 is 0 Å². The number of benzene rings is 2. The Morgan fingerprint density at radius 1 is 1.00 bits per heavy atom. The van der Waals surface area contributed by atoms with Gasteiger partial charge in [0.1, 0.15) is 5.76 Å². The highest BCUT2D eigenvalue weighted by atomic mass is 19.4. The van der Waals surface area contributed by atoms with E-state index in [1.54, 1.807) is 0 Å². The fraction of sp³-hybridized carbons (Fsp3) is 0.0556. The quantitative estimate of drug-likeness (QED) is 0.505. The Morgan fingerprint density at radius 3 is 2.30 bits per heavy atom. The van der Waals surface area contributed by atoms with E-state index in [0.717, 1.165) is 12.1 Å². The van der Waals surface area contributed by atoms with Gasteiger partial charge in [-0.2, -0.15) is 13.2 Å². The lowest BCUT2D eigenvalue weighted by Crippen LogP contribution is -2.16. The van der Waals surface area contributed by atoms with E-state index < -0.39 is 22.6 Å². The summed E-state index contributed by atoms with van der Waals surface area (Å²) in [4.78, 5) is 22.3. The van der Waals surface area contributed by atoms with Gasteiger partial charge >= 0.3 is 6.18 Å². The maximum Gasteiger partial charge on any atom is 0.418 e. The molecular formula is C18H11F3N2O4. The molecule has 1 heterocycles. The molecule has 0 atom stereocenters. The number of hydrogen-bond acceptors (Lipinski definition) is 4. The van der Waals surface area contributed by atoms with E-state index in [1.807, 2.05) is 0 Å². The molecular weight excluding hydrogens is 365 g/mol. The van der Waals surface area contributed by atoms with Crippen LogP contribution in [0, 0.1) is 10.1 Å². The number of para-hydroxylation sites is 1. The van der Waals surface area contributed by atoms with Crippen molar-refractivity contribution in [3.05, 3.63) is 82.1 Å². The summed E-state index contributed by atoms with van der Waals surface area (Å²) in [6, 6.07) is 12.8.